The number of carbonyl (C=O) groups excluding carboxylic acids is 1. The normalized spacial score (nSPS) is 11.9. The van der Waals surface area contributed by atoms with Gasteiger partial charge >= 0.3 is 0 Å². The number of sulfonamides is 1. The third kappa shape index (κ3) is 6.78. The van der Waals surface area contributed by atoms with Crippen LogP contribution >= 0.6 is 0 Å². The highest BCUT2D eigenvalue weighted by molar-refractivity contribution is 7.89. The van der Waals surface area contributed by atoms with Crippen LogP contribution in [0.15, 0.2) is 40.9 Å². The van der Waals surface area contributed by atoms with Crippen molar-refractivity contribution in [3.8, 4) is 6.07 Å². The first-order valence-electron chi connectivity index (χ1n) is 7.16. The lowest BCUT2D eigenvalue weighted by Gasteiger charge is -2.09. The lowest BCUT2D eigenvalue weighted by atomic mass is 10.2. The molecule has 1 rings (SSSR count). The van der Waals surface area contributed by atoms with Crippen LogP contribution in [0.3, 0.4) is 0 Å². The zero-order valence-electron chi connectivity index (χ0n) is 13.6. The highest BCUT2D eigenvalue weighted by Crippen LogP contribution is 2.13. The Morgan fingerprint density at radius 2 is 1.96 bits per heavy atom. The van der Waals surface area contributed by atoms with E-state index in [-0.39, 0.29) is 10.5 Å². The van der Waals surface area contributed by atoms with E-state index in [0.717, 1.165) is 13.0 Å². The molecular weight excluding hydrogens is 330 g/mol. The quantitative estimate of drug-likeness (QED) is 0.349. The Kier molecular flexibility index (Phi) is 7.38. The number of nitrogens with zero attached hydrogens (tertiary/aromatic N) is 2. The van der Waals surface area contributed by atoms with E-state index in [2.05, 4.69) is 10.6 Å². The third-order valence-corrected chi connectivity index (χ3v) is 3.91. The lowest BCUT2D eigenvalue weighted by Crippen LogP contribution is -2.20. The number of anilines is 1. The fraction of sp³-hybridized carbons (Fsp3) is 0.333. The summed E-state index contributed by atoms with van der Waals surface area (Å²) in [7, 11) is 0.144. The summed E-state index contributed by atoms with van der Waals surface area (Å²) in [5, 5.41) is 19.5. The fourth-order valence-electron chi connectivity index (χ4n) is 1.75. The second kappa shape index (κ2) is 9.02. The van der Waals surface area contributed by atoms with Crippen LogP contribution in [0.4, 0.5) is 5.69 Å². The van der Waals surface area contributed by atoms with Crippen molar-refractivity contribution in [3.05, 3.63) is 36.0 Å². The first-order chi connectivity index (χ1) is 11.2. The fourth-order valence-corrected chi connectivity index (χ4v) is 2.26. The Balaban J connectivity index is 2.62. The molecule has 0 saturated heterocycles. The van der Waals surface area contributed by atoms with Crippen molar-refractivity contribution in [1.29, 1.82) is 5.26 Å². The van der Waals surface area contributed by atoms with Gasteiger partial charge in [-0.3, -0.25) is 4.79 Å². The molecule has 1 amide bonds. The number of amides is 1. The van der Waals surface area contributed by atoms with Crippen LogP contribution in [0.25, 0.3) is 0 Å². The van der Waals surface area contributed by atoms with Gasteiger partial charge in [0.25, 0.3) is 5.91 Å². The van der Waals surface area contributed by atoms with Crippen molar-refractivity contribution in [3.63, 3.8) is 0 Å². The number of nitriles is 1. The van der Waals surface area contributed by atoms with Gasteiger partial charge in [-0.25, -0.2) is 13.6 Å². The van der Waals surface area contributed by atoms with Gasteiger partial charge in [0.15, 0.2) is 0 Å². The Morgan fingerprint density at radius 3 is 2.46 bits per heavy atom. The van der Waals surface area contributed by atoms with E-state index in [4.69, 9.17) is 10.4 Å². The van der Waals surface area contributed by atoms with E-state index in [1.165, 1.54) is 30.5 Å². The van der Waals surface area contributed by atoms with Gasteiger partial charge in [0.2, 0.25) is 10.0 Å². The van der Waals surface area contributed by atoms with Crippen molar-refractivity contribution < 1.29 is 13.2 Å². The first-order valence-corrected chi connectivity index (χ1v) is 8.71. The van der Waals surface area contributed by atoms with Crippen molar-refractivity contribution >= 4 is 21.6 Å². The van der Waals surface area contributed by atoms with Gasteiger partial charge < -0.3 is 15.5 Å². The van der Waals surface area contributed by atoms with Gasteiger partial charge in [0.05, 0.1) is 4.90 Å². The van der Waals surface area contributed by atoms with Crippen LogP contribution in [-0.4, -0.2) is 46.4 Å². The van der Waals surface area contributed by atoms with E-state index in [1.807, 2.05) is 25.1 Å². The highest BCUT2D eigenvalue weighted by Gasteiger charge is 2.11. The molecule has 130 valence electrons. The van der Waals surface area contributed by atoms with Gasteiger partial charge in [-0.15, -0.1) is 0 Å². The average molecular weight is 351 g/mol. The maximum atomic E-state index is 12.0. The van der Waals surface area contributed by atoms with Crippen molar-refractivity contribution in [2.45, 2.75) is 11.3 Å². The predicted octanol–water partition coefficient (Wildman–Crippen LogP) is 0.221. The van der Waals surface area contributed by atoms with E-state index in [0.29, 0.717) is 12.2 Å². The Bertz CT molecular complexity index is 733. The molecule has 0 aliphatic rings. The number of nitrogens with two attached hydrogens (primary N) is 1. The Morgan fingerprint density at radius 1 is 1.33 bits per heavy atom. The number of hydrogen-bond donors (Lipinski definition) is 3. The molecule has 0 fully saturated rings. The molecule has 0 radical (unpaired) electrons. The summed E-state index contributed by atoms with van der Waals surface area (Å²) in [5.41, 5.74) is 0.288. The molecule has 0 atom stereocenters. The topological polar surface area (TPSA) is 128 Å². The summed E-state index contributed by atoms with van der Waals surface area (Å²) in [4.78, 5) is 14.0. The third-order valence-electron chi connectivity index (χ3n) is 2.98. The molecule has 0 bridgehead atoms. The molecule has 0 unspecified atom stereocenters. The summed E-state index contributed by atoms with van der Waals surface area (Å²) < 4.78 is 22.3. The van der Waals surface area contributed by atoms with E-state index in [1.54, 1.807) is 0 Å². The summed E-state index contributed by atoms with van der Waals surface area (Å²) >= 11 is 0. The summed E-state index contributed by atoms with van der Waals surface area (Å²) in [6, 6.07) is 7.17. The summed E-state index contributed by atoms with van der Waals surface area (Å²) in [5.74, 6) is -0.582. The van der Waals surface area contributed by atoms with E-state index >= 15 is 0 Å². The van der Waals surface area contributed by atoms with Gasteiger partial charge in [0, 0.05) is 18.4 Å². The van der Waals surface area contributed by atoms with Crippen molar-refractivity contribution in [2.75, 3.05) is 32.5 Å². The van der Waals surface area contributed by atoms with Crippen LogP contribution in [0, 0.1) is 11.3 Å². The molecular formula is C15H21N5O3S. The number of nitrogens with one attached hydrogen (secondary N) is 2. The molecule has 1 aromatic carbocycles. The second-order valence-corrected chi connectivity index (χ2v) is 6.87. The largest absolute Gasteiger partial charge is 0.390 e. The zero-order valence-corrected chi connectivity index (χ0v) is 14.4. The van der Waals surface area contributed by atoms with Crippen LogP contribution in [-0.2, 0) is 14.8 Å². The number of rotatable bonds is 8. The molecule has 0 heterocycles. The minimum Gasteiger partial charge on any atom is -0.390 e. The SMILES string of the molecule is CN(C)CCCN/C=C(/C#N)C(=O)Nc1ccc(S(N)(=O)=O)cc1. The van der Waals surface area contributed by atoms with Gasteiger partial charge in [0.1, 0.15) is 11.6 Å². The van der Waals surface area contributed by atoms with E-state index in [9.17, 15) is 13.2 Å². The number of carbonyl (C=O) groups is 1. The molecule has 24 heavy (non-hydrogen) atoms. The van der Waals surface area contributed by atoms with Crippen molar-refractivity contribution in [2.24, 2.45) is 5.14 Å². The predicted molar refractivity (Wildman–Crippen MR) is 91.3 cm³/mol. The first kappa shape index (κ1) is 19.6. The van der Waals surface area contributed by atoms with Crippen LogP contribution in [0.2, 0.25) is 0 Å². The number of hydrogen-bond acceptors (Lipinski definition) is 6. The van der Waals surface area contributed by atoms with Crippen LogP contribution < -0.4 is 15.8 Å². The molecule has 8 nitrogen and oxygen atoms in total. The summed E-state index contributed by atoms with van der Waals surface area (Å²) in [6.07, 6.45) is 2.24. The molecule has 0 aliphatic heterocycles. The van der Waals surface area contributed by atoms with Crippen LogP contribution in [0.5, 0.6) is 0 Å². The maximum absolute atomic E-state index is 12.0. The van der Waals surface area contributed by atoms with Crippen molar-refractivity contribution in [1.82, 2.24) is 10.2 Å². The molecule has 1 aromatic rings. The molecule has 9 heteroatoms. The number of benzene rings is 1. The summed E-state index contributed by atoms with van der Waals surface area (Å²) in [6.45, 7) is 1.53. The van der Waals surface area contributed by atoms with Crippen LogP contribution in [0.1, 0.15) is 6.42 Å². The molecule has 0 aliphatic carbocycles. The molecule has 0 spiro atoms. The van der Waals surface area contributed by atoms with Gasteiger partial charge in [-0.2, -0.15) is 5.26 Å². The standard InChI is InChI=1S/C15H21N5O3S/c1-20(2)9-3-8-18-11-12(10-16)15(21)19-13-4-6-14(7-5-13)24(17,22)23/h4-7,11,18H,3,8-9H2,1-2H3,(H,19,21)(H2,17,22,23)/b12-11-. The molecule has 0 saturated carbocycles. The average Bonchev–Trinajstić information content (AvgIpc) is 2.50. The maximum Gasteiger partial charge on any atom is 0.267 e. The van der Waals surface area contributed by atoms with Gasteiger partial charge in [-0.05, 0) is 51.3 Å². The minimum absolute atomic E-state index is 0.0564. The Hall–Kier alpha value is -2.41. The number of primary sulfonamides is 1. The molecule has 0 aromatic heterocycles. The second-order valence-electron chi connectivity index (χ2n) is 5.30. The molecule has 4 N–H and O–H groups in total. The monoisotopic (exact) mass is 351 g/mol. The minimum atomic E-state index is -3.78. The van der Waals surface area contributed by atoms with E-state index < -0.39 is 15.9 Å². The zero-order chi connectivity index (χ0) is 18.2. The highest BCUT2D eigenvalue weighted by atomic mass is 32.2. The smallest absolute Gasteiger partial charge is 0.267 e. The Labute approximate surface area is 142 Å². The van der Waals surface area contributed by atoms with Gasteiger partial charge in [-0.1, -0.05) is 0 Å². The lowest BCUT2D eigenvalue weighted by molar-refractivity contribution is -0.112.